The molecule has 0 bridgehead atoms. The van der Waals surface area contributed by atoms with Crippen LogP contribution in [0.1, 0.15) is 12.0 Å². The van der Waals surface area contributed by atoms with E-state index in [1.54, 1.807) is 11.3 Å². The Morgan fingerprint density at radius 2 is 2.00 bits per heavy atom. The number of likely N-dealkylation sites (N-methyl/N-ethyl adjacent to an activating group) is 1. The van der Waals surface area contributed by atoms with Gasteiger partial charge in [0.15, 0.2) is 0 Å². The van der Waals surface area contributed by atoms with Crippen LogP contribution in [0.4, 0.5) is 0 Å². The molecule has 1 aromatic carbocycles. The molecular formula is C15H17N3O3S. The zero-order valence-corrected chi connectivity index (χ0v) is 12.9. The summed E-state index contributed by atoms with van der Waals surface area (Å²) in [5.74, 6) is -1.41. The fourth-order valence-electron chi connectivity index (χ4n) is 2.17. The number of primary amides is 1. The lowest BCUT2D eigenvalue weighted by molar-refractivity contribution is -0.130. The van der Waals surface area contributed by atoms with Crippen LogP contribution >= 0.6 is 11.3 Å². The van der Waals surface area contributed by atoms with Gasteiger partial charge in [-0.3, -0.25) is 14.4 Å². The molecule has 3 amide bonds. The molecule has 0 aliphatic rings. The maximum atomic E-state index is 12.1. The van der Waals surface area contributed by atoms with Crippen molar-refractivity contribution < 1.29 is 14.4 Å². The maximum Gasteiger partial charge on any atom is 0.242 e. The Morgan fingerprint density at radius 1 is 1.27 bits per heavy atom. The number of thiophene rings is 1. The van der Waals surface area contributed by atoms with E-state index in [1.807, 2.05) is 29.6 Å². The fourth-order valence-corrected chi connectivity index (χ4v) is 3.14. The topological polar surface area (TPSA) is 101 Å². The van der Waals surface area contributed by atoms with E-state index in [2.05, 4.69) is 10.6 Å². The van der Waals surface area contributed by atoms with E-state index < -0.39 is 17.9 Å². The van der Waals surface area contributed by atoms with Gasteiger partial charge < -0.3 is 16.4 Å². The van der Waals surface area contributed by atoms with E-state index in [0.29, 0.717) is 0 Å². The third-order valence-electron chi connectivity index (χ3n) is 3.22. The van der Waals surface area contributed by atoms with Crippen LogP contribution in [0.3, 0.4) is 0 Å². The SMILES string of the molecule is CNC(=O)[C@H](CC(N)=O)NC(=O)Cc1csc2ccccc12. The highest BCUT2D eigenvalue weighted by molar-refractivity contribution is 7.17. The molecule has 4 N–H and O–H groups in total. The van der Waals surface area contributed by atoms with Gasteiger partial charge in [0.1, 0.15) is 6.04 Å². The van der Waals surface area contributed by atoms with E-state index >= 15 is 0 Å². The summed E-state index contributed by atoms with van der Waals surface area (Å²) in [6, 6.07) is 6.85. The minimum atomic E-state index is -0.945. The smallest absolute Gasteiger partial charge is 0.242 e. The van der Waals surface area contributed by atoms with Gasteiger partial charge in [-0.1, -0.05) is 18.2 Å². The van der Waals surface area contributed by atoms with Gasteiger partial charge in [0.05, 0.1) is 12.8 Å². The molecule has 116 valence electrons. The Balaban J connectivity index is 2.07. The molecule has 1 heterocycles. The molecule has 0 saturated carbocycles. The summed E-state index contributed by atoms with van der Waals surface area (Å²) in [5.41, 5.74) is 6.00. The van der Waals surface area contributed by atoms with Gasteiger partial charge in [-0.05, 0) is 22.4 Å². The van der Waals surface area contributed by atoms with Crippen molar-refractivity contribution in [1.82, 2.24) is 10.6 Å². The van der Waals surface area contributed by atoms with Gasteiger partial charge in [-0.2, -0.15) is 0 Å². The van der Waals surface area contributed by atoms with E-state index in [0.717, 1.165) is 15.6 Å². The normalized spacial score (nSPS) is 11.9. The van der Waals surface area contributed by atoms with Gasteiger partial charge in [0.25, 0.3) is 0 Å². The number of hydrogen-bond acceptors (Lipinski definition) is 4. The van der Waals surface area contributed by atoms with Crippen molar-refractivity contribution in [2.24, 2.45) is 5.73 Å². The van der Waals surface area contributed by atoms with Crippen LogP contribution in [-0.2, 0) is 20.8 Å². The molecule has 1 aromatic heterocycles. The standard InChI is InChI=1S/C15H17N3O3S/c1-17-15(21)11(7-13(16)19)18-14(20)6-9-8-22-12-5-3-2-4-10(9)12/h2-5,8,11H,6-7H2,1H3,(H2,16,19)(H,17,21)(H,18,20)/t11-/m0/s1. The first kappa shape index (κ1) is 16.0. The first-order valence-electron chi connectivity index (χ1n) is 6.75. The monoisotopic (exact) mass is 319 g/mol. The third kappa shape index (κ3) is 3.82. The van der Waals surface area contributed by atoms with Gasteiger partial charge in [-0.25, -0.2) is 0 Å². The fraction of sp³-hybridized carbons (Fsp3) is 0.267. The first-order chi connectivity index (χ1) is 10.5. The van der Waals surface area contributed by atoms with E-state index in [1.165, 1.54) is 7.05 Å². The van der Waals surface area contributed by atoms with Gasteiger partial charge in [0.2, 0.25) is 17.7 Å². The van der Waals surface area contributed by atoms with E-state index in [-0.39, 0.29) is 18.7 Å². The van der Waals surface area contributed by atoms with E-state index in [9.17, 15) is 14.4 Å². The number of nitrogens with one attached hydrogen (secondary N) is 2. The van der Waals surface area contributed by atoms with Crippen molar-refractivity contribution in [3.05, 3.63) is 35.2 Å². The minimum absolute atomic E-state index is 0.149. The van der Waals surface area contributed by atoms with Crippen molar-refractivity contribution in [3.8, 4) is 0 Å². The Morgan fingerprint density at radius 3 is 2.68 bits per heavy atom. The highest BCUT2D eigenvalue weighted by Gasteiger charge is 2.22. The Bertz CT molecular complexity index is 711. The van der Waals surface area contributed by atoms with Crippen LogP contribution in [0, 0.1) is 0 Å². The third-order valence-corrected chi connectivity index (χ3v) is 4.23. The van der Waals surface area contributed by atoms with Crippen LogP contribution in [-0.4, -0.2) is 30.8 Å². The van der Waals surface area contributed by atoms with Gasteiger partial charge >= 0.3 is 0 Å². The zero-order chi connectivity index (χ0) is 16.1. The number of fused-ring (bicyclic) bond motifs is 1. The molecule has 0 saturated heterocycles. The number of benzene rings is 1. The van der Waals surface area contributed by atoms with Crippen LogP contribution in [0.2, 0.25) is 0 Å². The van der Waals surface area contributed by atoms with Crippen molar-refractivity contribution >= 4 is 39.1 Å². The first-order valence-corrected chi connectivity index (χ1v) is 7.63. The summed E-state index contributed by atoms with van der Waals surface area (Å²) in [7, 11) is 1.44. The molecule has 6 nitrogen and oxygen atoms in total. The molecule has 2 aromatic rings. The second kappa shape index (κ2) is 7.04. The lowest BCUT2D eigenvalue weighted by Crippen LogP contribution is -2.48. The molecule has 1 atom stereocenters. The largest absolute Gasteiger partial charge is 0.370 e. The van der Waals surface area contributed by atoms with Crippen LogP contribution < -0.4 is 16.4 Å². The van der Waals surface area contributed by atoms with Crippen LogP contribution in [0.15, 0.2) is 29.6 Å². The van der Waals surface area contributed by atoms with Crippen LogP contribution in [0.25, 0.3) is 10.1 Å². The summed E-state index contributed by atoms with van der Waals surface area (Å²) in [4.78, 5) is 34.8. The Kier molecular flexibility index (Phi) is 5.11. The number of carbonyl (C=O) groups is 3. The Hall–Kier alpha value is -2.41. The minimum Gasteiger partial charge on any atom is -0.370 e. The molecule has 0 spiro atoms. The second-order valence-electron chi connectivity index (χ2n) is 4.84. The molecular weight excluding hydrogens is 302 g/mol. The molecule has 0 aliphatic carbocycles. The molecule has 0 radical (unpaired) electrons. The predicted octanol–water partition coefficient (Wildman–Crippen LogP) is 0.550. The Labute approximate surface area is 131 Å². The maximum absolute atomic E-state index is 12.1. The molecule has 22 heavy (non-hydrogen) atoms. The molecule has 0 unspecified atom stereocenters. The van der Waals surface area contributed by atoms with Crippen molar-refractivity contribution in [1.29, 1.82) is 0 Å². The van der Waals surface area contributed by atoms with Crippen molar-refractivity contribution in [3.63, 3.8) is 0 Å². The number of carbonyl (C=O) groups excluding carboxylic acids is 3. The van der Waals surface area contributed by atoms with Gasteiger partial charge in [0, 0.05) is 11.7 Å². The van der Waals surface area contributed by atoms with Crippen LogP contribution in [0.5, 0.6) is 0 Å². The number of hydrogen-bond donors (Lipinski definition) is 3. The highest BCUT2D eigenvalue weighted by Crippen LogP contribution is 2.25. The summed E-state index contributed by atoms with van der Waals surface area (Å²) < 4.78 is 1.10. The summed E-state index contributed by atoms with van der Waals surface area (Å²) >= 11 is 1.56. The second-order valence-corrected chi connectivity index (χ2v) is 5.75. The number of rotatable bonds is 6. The average molecular weight is 319 g/mol. The lowest BCUT2D eigenvalue weighted by Gasteiger charge is -2.15. The molecule has 7 heteroatoms. The zero-order valence-electron chi connectivity index (χ0n) is 12.1. The van der Waals surface area contributed by atoms with E-state index in [4.69, 9.17) is 5.73 Å². The highest BCUT2D eigenvalue weighted by atomic mass is 32.1. The molecule has 0 fully saturated rings. The quantitative estimate of drug-likeness (QED) is 0.724. The predicted molar refractivity (Wildman–Crippen MR) is 85.3 cm³/mol. The average Bonchev–Trinajstić information content (AvgIpc) is 2.88. The summed E-state index contributed by atoms with van der Waals surface area (Å²) in [6.45, 7) is 0. The van der Waals surface area contributed by atoms with Crippen molar-refractivity contribution in [2.45, 2.75) is 18.9 Å². The summed E-state index contributed by atoms with van der Waals surface area (Å²) in [6.07, 6.45) is -0.0773. The number of amides is 3. The molecule has 2 rings (SSSR count). The lowest BCUT2D eigenvalue weighted by atomic mass is 10.1. The summed E-state index contributed by atoms with van der Waals surface area (Å²) in [5, 5.41) is 7.91. The number of nitrogens with two attached hydrogens (primary N) is 1. The molecule has 0 aliphatic heterocycles. The van der Waals surface area contributed by atoms with Crippen molar-refractivity contribution in [2.75, 3.05) is 7.05 Å². The van der Waals surface area contributed by atoms with Gasteiger partial charge in [-0.15, -0.1) is 11.3 Å².